The number of nitrogens with zero attached hydrogens (tertiary/aromatic N) is 2. The molecule has 142 valence electrons. The number of rotatable bonds is 3. The summed E-state index contributed by atoms with van der Waals surface area (Å²) in [6, 6.07) is 1.26. The molecule has 2 aliphatic carbocycles. The smallest absolute Gasteiger partial charge is 0.341 e. The molecule has 0 unspecified atom stereocenters. The molecule has 2 heterocycles. The summed E-state index contributed by atoms with van der Waals surface area (Å²) in [5, 5.41) is 13.1. The standard InChI is InChI=1S/C19H19ClFN3O3/c20-14-15-11(17(25)12(18(26)27)8-24(15)10-1-2-10)7-13(21)16(14)23-6-5-22-19(9-23)3-4-19/h7-8,10,22H,1-6,9H2,(H,26,27). The molecule has 2 saturated carbocycles. The van der Waals surface area contributed by atoms with Gasteiger partial charge in [0.2, 0.25) is 5.43 Å². The van der Waals surface area contributed by atoms with E-state index in [1.807, 2.05) is 4.90 Å². The zero-order chi connectivity index (χ0) is 18.9. The van der Waals surface area contributed by atoms with Gasteiger partial charge < -0.3 is 19.9 Å². The molecule has 27 heavy (non-hydrogen) atoms. The largest absolute Gasteiger partial charge is 0.477 e. The maximum atomic E-state index is 15.1. The van der Waals surface area contributed by atoms with Crippen molar-refractivity contribution in [1.29, 1.82) is 0 Å². The van der Waals surface area contributed by atoms with Crippen molar-refractivity contribution in [3.63, 3.8) is 0 Å². The van der Waals surface area contributed by atoms with E-state index in [0.29, 0.717) is 24.3 Å². The molecule has 0 bridgehead atoms. The molecule has 3 aliphatic rings. The molecule has 8 heteroatoms. The number of aromatic carboxylic acids is 1. The van der Waals surface area contributed by atoms with E-state index in [1.54, 1.807) is 4.57 Å². The summed E-state index contributed by atoms with van der Waals surface area (Å²) in [4.78, 5) is 26.0. The maximum absolute atomic E-state index is 15.1. The highest BCUT2D eigenvalue weighted by atomic mass is 35.5. The number of aromatic nitrogens is 1. The highest BCUT2D eigenvalue weighted by molar-refractivity contribution is 6.38. The minimum Gasteiger partial charge on any atom is -0.477 e. The molecule has 2 aromatic rings. The van der Waals surface area contributed by atoms with Crippen molar-refractivity contribution in [2.24, 2.45) is 0 Å². The number of fused-ring (bicyclic) bond motifs is 1. The van der Waals surface area contributed by atoms with E-state index >= 15 is 4.39 Å². The fraction of sp³-hybridized carbons (Fsp3) is 0.474. The van der Waals surface area contributed by atoms with Crippen LogP contribution in [-0.2, 0) is 0 Å². The van der Waals surface area contributed by atoms with Crippen LogP contribution < -0.4 is 15.6 Å². The number of carbonyl (C=O) groups is 1. The van der Waals surface area contributed by atoms with Gasteiger partial charge in [0.15, 0.2) is 0 Å². The van der Waals surface area contributed by atoms with Crippen LogP contribution in [0.15, 0.2) is 17.1 Å². The zero-order valence-corrected chi connectivity index (χ0v) is 15.4. The lowest BCUT2D eigenvalue weighted by molar-refractivity contribution is 0.0695. The highest BCUT2D eigenvalue weighted by Gasteiger charge is 2.46. The molecule has 6 nitrogen and oxygen atoms in total. The molecule has 1 saturated heterocycles. The van der Waals surface area contributed by atoms with E-state index in [2.05, 4.69) is 5.32 Å². The fourth-order valence-electron chi connectivity index (χ4n) is 4.15. The van der Waals surface area contributed by atoms with Gasteiger partial charge in [0, 0.05) is 37.4 Å². The summed E-state index contributed by atoms with van der Waals surface area (Å²) in [6.45, 7) is 2.06. The van der Waals surface area contributed by atoms with Crippen LogP contribution in [-0.4, -0.2) is 40.8 Å². The van der Waals surface area contributed by atoms with E-state index in [4.69, 9.17) is 11.6 Å². The second kappa shape index (κ2) is 5.69. The molecule has 1 aliphatic heterocycles. The monoisotopic (exact) mass is 391 g/mol. The van der Waals surface area contributed by atoms with Crippen LogP contribution in [0.25, 0.3) is 10.9 Å². The number of carboxylic acid groups (broad SMARTS) is 1. The third-order valence-corrected chi connectivity index (χ3v) is 6.26. The Labute approximate surface area is 159 Å². The van der Waals surface area contributed by atoms with Gasteiger partial charge >= 0.3 is 5.97 Å². The normalized spacial score (nSPS) is 21.0. The Morgan fingerprint density at radius 2 is 2.11 bits per heavy atom. The van der Waals surface area contributed by atoms with E-state index < -0.39 is 17.2 Å². The average Bonchev–Trinajstić information content (AvgIpc) is 3.53. The number of anilines is 1. The SMILES string of the molecule is O=C(O)c1cn(C2CC2)c2c(Cl)c(N3CCNC4(CC4)C3)c(F)cc2c1=O. The van der Waals surface area contributed by atoms with Crippen LogP contribution in [0.4, 0.5) is 10.1 Å². The van der Waals surface area contributed by atoms with Crippen molar-refractivity contribution in [3.8, 4) is 0 Å². The van der Waals surface area contributed by atoms with Gasteiger partial charge in [-0.2, -0.15) is 0 Å². The molecule has 3 fully saturated rings. The minimum absolute atomic E-state index is 0.0318. The average molecular weight is 392 g/mol. The highest BCUT2D eigenvalue weighted by Crippen LogP contribution is 2.44. The third kappa shape index (κ3) is 2.63. The van der Waals surface area contributed by atoms with Crippen molar-refractivity contribution >= 4 is 34.2 Å². The van der Waals surface area contributed by atoms with E-state index in [9.17, 15) is 14.7 Å². The Kier molecular flexibility index (Phi) is 3.58. The van der Waals surface area contributed by atoms with Gasteiger partial charge in [0.05, 0.1) is 21.6 Å². The summed E-state index contributed by atoms with van der Waals surface area (Å²) in [5.41, 5.74) is -0.244. The lowest BCUT2D eigenvalue weighted by Crippen LogP contribution is -2.52. The second-order valence-corrected chi connectivity index (χ2v) is 8.24. The van der Waals surface area contributed by atoms with E-state index in [0.717, 1.165) is 38.3 Å². The molecule has 0 amide bonds. The summed E-state index contributed by atoms with van der Waals surface area (Å²) >= 11 is 6.67. The first-order chi connectivity index (χ1) is 12.9. The lowest BCUT2D eigenvalue weighted by Gasteiger charge is -2.36. The number of nitrogens with one attached hydrogen (secondary N) is 1. The third-order valence-electron chi connectivity index (χ3n) is 5.90. The molecule has 0 radical (unpaired) electrons. The minimum atomic E-state index is -1.31. The van der Waals surface area contributed by atoms with Gasteiger partial charge in [0.25, 0.3) is 0 Å². The van der Waals surface area contributed by atoms with Crippen molar-refractivity contribution < 1.29 is 14.3 Å². The quantitative estimate of drug-likeness (QED) is 0.841. The number of benzene rings is 1. The second-order valence-electron chi connectivity index (χ2n) is 7.86. The van der Waals surface area contributed by atoms with E-state index in [1.165, 1.54) is 6.20 Å². The molecule has 1 spiro atoms. The van der Waals surface area contributed by atoms with Gasteiger partial charge in [-0.3, -0.25) is 4.79 Å². The Bertz CT molecular complexity index is 1040. The lowest BCUT2D eigenvalue weighted by atomic mass is 10.1. The van der Waals surface area contributed by atoms with Gasteiger partial charge in [-0.25, -0.2) is 9.18 Å². The summed E-state index contributed by atoms with van der Waals surface area (Å²) in [5.74, 6) is -1.89. The van der Waals surface area contributed by atoms with Crippen molar-refractivity contribution in [2.75, 3.05) is 24.5 Å². The number of hydrogen-bond acceptors (Lipinski definition) is 4. The number of piperazine rings is 1. The van der Waals surface area contributed by atoms with Crippen LogP contribution in [0.2, 0.25) is 5.02 Å². The molecular weight excluding hydrogens is 373 g/mol. The first-order valence-electron chi connectivity index (χ1n) is 9.20. The van der Waals surface area contributed by atoms with Crippen molar-refractivity contribution in [3.05, 3.63) is 38.9 Å². The summed E-state index contributed by atoms with van der Waals surface area (Å²) in [6.07, 6.45) is 5.25. The summed E-state index contributed by atoms with van der Waals surface area (Å²) in [7, 11) is 0. The number of hydrogen-bond donors (Lipinski definition) is 2. The first-order valence-corrected chi connectivity index (χ1v) is 9.58. The number of carboxylic acids is 1. The Hall–Kier alpha value is -2.12. The van der Waals surface area contributed by atoms with Crippen LogP contribution >= 0.6 is 11.6 Å². The molecule has 5 rings (SSSR count). The molecule has 1 aromatic carbocycles. The Balaban J connectivity index is 1.74. The number of pyridine rings is 1. The van der Waals surface area contributed by atoms with E-state index in [-0.39, 0.29) is 27.6 Å². The Morgan fingerprint density at radius 3 is 2.74 bits per heavy atom. The molecule has 1 aromatic heterocycles. The van der Waals surface area contributed by atoms with Gasteiger partial charge in [-0.15, -0.1) is 0 Å². The first kappa shape index (κ1) is 17.0. The van der Waals surface area contributed by atoms with Crippen molar-refractivity contribution in [2.45, 2.75) is 37.3 Å². The Morgan fingerprint density at radius 1 is 1.37 bits per heavy atom. The molecule has 0 atom stereocenters. The summed E-state index contributed by atoms with van der Waals surface area (Å²) < 4.78 is 16.8. The zero-order valence-electron chi connectivity index (χ0n) is 14.6. The predicted octanol–water partition coefficient (Wildman–Crippen LogP) is 2.77. The number of halogens is 2. The van der Waals surface area contributed by atoms with Crippen LogP contribution in [0, 0.1) is 5.82 Å². The van der Waals surface area contributed by atoms with Gasteiger partial charge in [-0.1, -0.05) is 11.6 Å². The fourth-order valence-corrected chi connectivity index (χ4v) is 4.56. The van der Waals surface area contributed by atoms with Crippen LogP contribution in [0.5, 0.6) is 0 Å². The molecule has 2 N–H and O–H groups in total. The van der Waals surface area contributed by atoms with Gasteiger partial charge in [0.1, 0.15) is 11.4 Å². The predicted molar refractivity (Wildman–Crippen MR) is 101 cm³/mol. The van der Waals surface area contributed by atoms with Crippen LogP contribution in [0.1, 0.15) is 42.1 Å². The van der Waals surface area contributed by atoms with Gasteiger partial charge in [-0.05, 0) is 31.7 Å². The van der Waals surface area contributed by atoms with Crippen molar-refractivity contribution in [1.82, 2.24) is 9.88 Å². The molecular formula is C19H19ClFN3O3. The maximum Gasteiger partial charge on any atom is 0.341 e. The van der Waals surface area contributed by atoms with Crippen LogP contribution in [0.3, 0.4) is 0 Å². The topological polar surface area (TPSA) is 74.6 Å².